The second-order valence-electron chi connectivity index (χ2n) is 13.8. The summed E-state index contributed by atoms with van der Waals surface area (Å²) in [6.07, 6.45) is 43.3. The molecule has 0 aromatic rings. The summed E-state index contributed by atoms with van der Waals surface area (Å²) >= 11 is 0. The number of nitrogens with two attached hydrogens (primary N) is 1. The number of carbonyl (C=O) groups excluding carboxylic acids is 1. The van der Waals surface area contributed by atoms with Crippen LogP contribution in [0.5, 0.6) is 0 Å². The van der Waals surface area contributed by atoms with Crippen molar-refractivity contribution >= 4 is 13.7 Å². The van der Waals surface area contributed by atoms with Crippen molar-refractivity contribution in [3.05, 3.63) is 36.5 Å². The zero-order valence-corrected chi connectivity index (χ0v) is 33.3. The number of phosphoric acid groups is 1. The van der Waals surface area contributed by atoms with Crippen LogP contribution in [0.3, 0.4) is 0 Å². The van der Waals surface area contributed by atoms with E-state index in [1.807, 2.05) is 6.08 Å². The molecule has 0 aromatic carbocycles. The molecule has 1 amide bonds. The molecule has 3 atom stereocenters. The molecule has 0 bridgehead atoms. The van der Waals surface area contributed by atoms with E-state index in [-0.39, 0.29) is 25.7 Å². The van der Waals surface area contributed by atoms with Crippen LogP contribution in [0, 0.1) is 0 Å². The molecule has 0 aliphatic heterocycles. The van der Waals surface area contributed by atoms with Crippen LogP contribution in [0.1, 0.15) is 187 Å². The van der Waals surface area contributed by atoms with E-state index >= 15 is 0 Å². The molecular formula is C41H79N2O6P. The SMILES string of the molecule is CCCCCCC/C=C\CCCCCCCC(=O)NC(COP(=O)(O)OCCN)C(O)/C=C/CC/C=C/CCCCCCCCCCCCC. The molecule has 294 valence electrons. The summed E-state index contributed by atoms with van der Waals surface area (Å²) in [5.74, 6) is -0.214. The standard InChI is InChI=1S/C41H79N2O6P/c1-3-5-7-9-11-13-15-17-19-20-21-22-24-26-28-30-32-34-40(44)39(38-49-50(46,47)48-37-36-42)43-41(45)35-33-31-29-27-25-23-18-16-14-12-10-8-6-4-2/h16,18,24,26,32,34,39-40,44H,3-15,17,19-23,25,27-31,33,35-38,42H2,1-2H3,(H,43,45)(H,46,47)/b18-16-,26-24+,34-32+. The van der Waals surface area contributed by atoms with Gasteiger partial charge in [-0.2, -0.15) is 0 Å². The lowest BCUT2D eigenvalue weighted by Crippen LogP contribution is -2.45. The topological polar surface area (TPSA) is 131 Å². The molecular weight excluding hydrogens is 647 g/mol. The van der Waals surface area contributed by atoms with Gasteiger partial charge in [0.05, 0.1) is 25.4 Å². The third-order valence-electron chi connectivity index (χ3n) is 8.94. The smallest absolute Gasteiger partial charge is 0.387 e. The summed E-state index contributed by atoms with van der Waals surface area (Å²) in [7, 11) is -4.34. The molecule has 0 rings (SSSR count). The van der Waals surface area contributed by atoms with Gasteiger partial charge in [-0.3, -0.25) is 13.8 Å². The Morgan fingerprint density at radius 2 is 1.06 bits per heavy atom. The lowest BCUT2D eigenvalue weighted by Gasteiger charge is -2.23. The highest BCUT2D eigenvalue weighted by Gasteiger charge is 2.26. The van der Waals surface area contributed by atoms with Crippen LogP contribution in [-0.4, -0.2) is 47.8 Å². The second kappa shape index (κ2) is 37.5. The number of unbranched alkanes of at least 4 members (excludes halogenated alkanes) is 22. The summed E-state index contributed by atoms with van der Waals surface area (Å²) in [4.78, 5) is 22.6. The minimum absolute atomic E-state index is 0.0725. The van der Waals surface area contributed by atoms with Crippen molar-refractivity contribution in [1.29, 1.82) is 0 Å². The molecule has 0 saturated carbocycles. The average Bonchev–Trinajstić information content (AvgIpc) is 3.10. The van der Waals surface area contributed by atoms with Gasteiger partial charge in [0.15, 0.2) is 0 Å². The average molecular weight is 727 g/mol. The van der Waals surface area contributed by atoms with Crippen molar-refractivity contribution in [1.82, 2.24) is 5.32 Å². The van der Waals surface area contributed by atoms with Gasteiger partial charge in [-0.25, -0.2) is 4.57 Å². The molecule has 3 unspecified atom stereocenters. The summed E-state index contributed by atoms with van der Waals surface area (Å²) in [5.41, 5.74) is 5.36. The molecule has 0 aromatic heterocycles. The number of carbonyl (C=O) groups is 1. The number of allylic oxidation sites excluding steroid dienone is 5. The van der Waals surface area contributed by atoms with E-state index in [9.17, 15) is 19.4 Å². The van der Waals surface area contributed by atoms with Crippen LogP contribution < -0.4 is 11.1 Å². The van der Waals surface area contributed by atoms with Gasteiger partial charge in [0.25, 0.3) is 0 Å². The summed E-state index contributed by atoms with van der Waals surface area (Å²) < 4.78 is 22.1. The van der Waals surface area contributed by atoms with Crippen LogP contribution >= 0.6 is 7.82 Å². The Labute approximate surface area is 308 Å². The molecule has 0 heterocycles. The molecule has 50 heavy (non-hydrogen) atoms. The normalized spacial score (nSPS) is 14.6. The maximum absolute atomic E-state index is 12.7. The Bertz CT molecular complexity index is 881. The van der Waals surface area contributed by atoms with Crippen molar-refractivity contribution in [2.75, 3.05) is 19.8 Å². The number of amides is 1. The summed E-state index contributed by atoms with van der Waals surface area (Å²) in [6, 6.07) is -0.879. The first-order valence-corrected chi connectivity index (χ1v) is 22.1. The largest absolute Gasteiger partial charge is 0.472 e. The minimum atomic E-state index is -4.34. The van der Waals surface area contributed by atoms with Gasteiger partial charge in [-0.1, -0.05) is 159 Å². The van der Waals surface area contributed by atoms with Gasteiger partial charge in [-0.15, -0.1) is 0 Å². The number of phosphoric ester groups is 1. The van der Waals surface area contributed by atoms with E-state index in [0.29, 0.717) is 6.42 Å². The zero-order chi connectivity index (χ0) is 36.8. The third-order valence-corrected chi connectivity index (χ3v) is 9.92. The number of rotatable bonds is 38. The van der Waals surface area contributed by atoms with Crippen LogP contribution in [0.2, 0.25) is 0 Å². The first kappa shape index (κ1) is 48.7. The summed E-state index contributed by atoms with van der Waals surface area (Å²) in [6.45, 7) is 4.09. The van der Waals surface area contributed by atoms with Gasteiger partial charge in [-0.05, 0) is 57.8 Å². The lowest BCUT2D eigenvalue weighted by molar-refractivity contribution is -0.123. The number of nitrogens with one attached hydrogen (secondary N) is 1. The lowest BCUT2D eigenvalue weighted by atomic mass is 10.1. The maximum Gasteiger partial charge on any atom is 0.472 e. The van der Waals surface area contributed by atoms with Gasteiger partial charge in [0.1, 0.15) is 0 Å². The predicted molar refractivity (Wildman–Crippen MR) is 212 cm³/mol. The van der Waals surface area contributed by atoms with Crippen LogP contribution in [0.4, 0.5) is 0 Å². The van der Waals surface area contributed by atoms with Crippen molar-refractivity contribution in [2.45, 2.75) is 199 Å². The van der Waals surface area contributed by atoms with Crippen molar-refractivity contribution < 1.29 is 28.4 Å². The van der Waals surface area contributed by atoms with Crippen LogP contribution in [-0.2, 0) is 18.4 Å². The van der Waals surface area contributed by atoms with E-state index in [1.165, 1.54) is 116 Å². The molecule has 0 fully saturated rings. The van der Waals surface area contributed by atoms with Crippen LogP contribution in [0.25, 0.3) is 0 Å². The van der Waals surface area contributed by atoms with Crippen molar-refractivity contribution in [2.24, 2.45) is 5.73 Å². The van der Waals surface area contributed by atoms with Gasteiger partial charge >= 0.3 is 7.82 Å². The highest BCUT2D eigenvalue weighted by molar-refractivity contribution is 7.47. The van der Waals surface area contributed by atoms with E-state index in [2.05, 4.69) is 43.5 Å². The Morgan fingerprint density at radius 1 is 0.640 bits per heavy atom. The molecule has 0 spiro atoms. The molecule has 0 aliphatic carbocycles. The Hall–Kier alpha value is -1.28. The first-order valence-electron chi connectivity index (χ1n) is 20.6. The molecule has 9 heteroatoms. The van der Waals surface area contributed by atoms with Crippen LogP contribution in [0.15, 0.2) is 36.5 Å². The van der Waals surface area contributed by atoms with E-state index < -0.39 is 20.0 Å². The predicted octanol–water partition coefficient (Wildman–Crippen LogP) is 11.2. The quantitative estimate of drug-likeness (QED) is 0.0283. The molecule has 8 nitrogen and oxygen atoms in total. The molecule has 0 saturated heterocycles. The van der Waals surface area contributed by atoms with E-state index in [0.717, 1.165) is 51.4 Å². The monoisotopic (exact) mass is 727 g/mol. The highest BCUT2D eigenvalue weighted by Crippen LogP contribution is 2.43. The van der Waals surface area contributed by atoms with E-state index in [4.69, 9.17) is 14.8 Å². The number of aliphatic hydroxyl groups excluding tert-OH is 1. The van der Waals surface area contributed by atoms with Gasteiger partial charge < -0.3 is 21.1 Å². The minimum Gasteiger partial charge on any atom is -0.387 e. The van der Waals surface area contributed by atoms with Crippen molar-refractivity contribution in [3.63, 3.8) is 0 Å². The van der Waals surface area contributed by atoms with Crippen molar-refractivity contribution in [3.8, 4) is 0 Å². The first-order chi connectivity index (χ1) is 24.4. The molecule has 5 N–H and O–H groups in total. The Kier molecular flexibility index (Phi) is 36.5. The van der Waals surface area contributed by atoms with E-state index in [1.54, 1.807) is 6.08 Å². The number of hydrogen-bond donors (Lipinski definition) is 4. The Balaban J connectivity index is 4.33. The number of aliphatic hydroxyl groups is 1. The van der Waals surface area contributed by atoms with Gasteiger partial charge in [0, 0.05) is 13.0 Å². The Morgan fingerprint density at radius 3 is 1.54 bits per heavy atom. The molecule has 0 radical (unpaired) electrons. The zero-order valence-electron chi connectivity index (χ0n) is 32.4. The number of hydrogen-bond acceptors (Lipinski definition) is 6. The summed E-state index contributed by atoms with van der Waals surface area (Å²) in [5, 5.41) is 13.6. The molecule has 0 aliphatic rings. The highest BCUT2D eigenvalue weighted by atomic mass is 31.2. The second-order valence-corrected chi connectivity index (χ2v) is 15.3. The van der Waals surface area contributed by atoms with Gasteiger partial charge in [0.2, 0.25) is 5.91 Å². The maximum atomic E-state index is 12.7. The fraction of sp³-hybridized carbons (Fsp3) is 0.829. The third kappa shape index (κ3) is 35.1. The fourth-order valence-electron chi connectivity index (χ4n) is 5.79. The fourth-order valence-corrected chi connectivity index (χ4v) is 6.55.